The molecule has 0 unspecified atom stereocenters. The molecule has 0 fully saturated rings. The molecule has 0 aliphatic carbocycles. The van der Waals surface area contributed by atoms with E-state index in [1.165, 1.54) is 43.8 Å². The zero-order valence-corrected chi connectivity index (χ0v) is 25.6. The van der Waals surface area contributed by atoms with Gasteiger partial charge in [0.05, 0.1) is 16.1 Å². The molecule has 0 radical (unpaired) electrons. The molecule has 0 saturated carbocycles. The summed E-state index contributed by atoms with van der Waals surface area (Å²) in [7, 11) is -2.83. The van der Waals surface area contributed by atoms with Gasteiger partial charge in [0.25, 0.3) is 0 Å². The molecule has 0 amide bonds. The first-order chi connectivity index (χ1) is 16.3. The fourth-order valence-electron chi connectivity index (χ4n) is 4.50. The molecule has 0 N–H and O–H groups in total. The summed E-state index contributed by atoms with van der Waals surface area (Å²) in [6.07, 6.45) is 4.49. The Morgan fingerprint density at radius 3 is 1.31 bits per heavy atom. The molecule has 3 aromatic rings. The first-order valence-electron chi connectivity index (χ1n) is 12.9. The van der Waals surface area contributed by atoms with Crippen molar-refractivity contribution in [3.05, 3.63) is 107 Å². The predicted octanol–water partition coefficient (Wildman–Crippen LogP) is 8.85. The Balaban J connectivity index is 1.95. The summed E-state index contributed by atoms with van der Waals surface area (Å²) < 4.78 is 0. The molecule has 0 bridgehead atoms. The molecule has 0 saturated heterocycles. The lowest BCUT2D eigenvalue weighted by Crippen LogP contribution is -2.49. The number of hydrogen-bond acceptors (Lipinski definition) is 0. The highest BCUT2D eigenvalue weighted by molar-refractivity contribution is 6.92. The molecule has 0 spiro atoms. The maximum atomic E-state index is 2.48. The highest BCUT2D eigenvalue weighted by atomic mass is 28.3. The molecule has 3 rings (SSSR count). The second kappa shape index (κ2) is 10.3. The minimum Gasteiger partial charge on any atom is -0.0792 e. The van der Waals surface area contributed by atoms with Gasteiger partial charge in [0.1, 0.15) is 0 Å². The van der Waals surface area contributed by atoms with Gasteiger partial charge >= 0.3 is 0 Å². The summed E-state index contributed by atoms with van der Waals surface area (Å²) in [6.45, 7) is 23.6. The van der Waals surface area contributed by atoms with Crippen molar-refractivity contribution in [1.82, 2.24) is 0 Å². The second-order valence-corrected chi connectivity index (χ2v) is 22.7. The lowest BCUT2D eigenvalue weighted by atomic mass is 9.92. The molecule has 0 aliphatic rings. The molecule has 0 atom stereocenters. The third kappa shape index (κ3) is 5.87. The van der Waals surface area contributed by atoms with Crippen LogP contribution < -0.4 is 10.4 Å². The van der Waals surface area contributed by atoms with E-state index in [0.29, 0.717) is 5.04 Å². The van der Waals surface area contributed by atoms with Crippen LogP contribution in [0.2, 0.25) is 37.8 Å². The predicted molar refractivity (Wildman–Crippen MR) is 165 cm³/mol. The van der Waals surface area contributed by atoms with E-state index < -0.39 is 16.1 Å². The highest BCUT2D eigenvalue weighted by Gasteiger charge is 2.36. The highest BCUT2D eigenvalue weighted by Crippen LogP contribution is 2.36. The normalized spacial score (nSPS) is 13.8. The van der Waals surface area contributed by atoms with Crippen molar-refractivity contribution in [2.75, 3.05) is 0 Å². The Bertz CT molecular complexity index is 1210. The Morgan fingerprint density at radius 2 is 0.971 bits per heavy atom. The summed E-state index contributed by atoms with van der Waals surface area (Å²) in [5.74, 6) is 0. The Kier molecular flexibility index (Phi) is 7.98. The second-order valence-electron chi connectivity index (χ2n) is 12.3. The van der Waals surface area contributed by atoms with Crippen LogP contribution in [0.15, 0.2) is 84.9 Å². The topological polar surface area (TPSA) is 0 Å². The maximum absolute atomic E-state index is 2.48. The summed E-state index contributed by atoms with van der Waals surface area (Å²) >= 11 is 0. The molecular weight excluding hydrogens is 453 g/mol. The molecule has 35 heavy (non-hydrogen) atoms. The van der Waals surface area contributed by atoms with Gasteiger partial charge in [-0.1, -0.05) is 143 Å². The summed E-state index contributed by atoms with van der Waals surface area (Å²) in [5.41, 5.74) is 7.68. The van der Waals surface area contributed by atoms with E-state index in [0.717, 1.165) is 0 Å². The zero-order chi connectivity index (χ0) is 26.0. The van der Waals surface area contributed by atoms with Crippen molar-refractivity contribution in [3.63, 3.8) is 0 Å². The quantitative estimate of drug-likeness (QED) is 0.299. The molecular formula is C33H44Si2. The average molecular weight is 497 g/mol. The maximum Gasteiger partial charge on any atom is 0.0859 e. The summed E-state index contributed by atoms with van der Waals surface area (Å²) in [6, 6.07) is 27.7. The van der Waals surface area contributed by atoms with Crippen LogP contribution in [-0.2, 0) is 0 Å². The van der Waals surface area contributed by atoms with Crippen LogP contribution in [-0.4, -0.2) is 16.1 Å². The van der Waals surface area contributed by atoms with Gasteiger partial charge in [0.15, 0.2) is 0 Å². The van der Waals surface area contributed by atoms with Crippen LogP contribution in [0.4, 0.5) is 0 Å². The van der Waals surface area contributed by atoms with Crippen molar-refractivity contribution in [2.45, 2.75) is 72.4 Å². The first kappa shape index (κ1) is 27.2. The van der Waals surface area contributed by atoms with Gasteiger partial charge in [-0.25, -0.2) is 0 Å². The van der Waals surface area contributed by atoms with Crippen LogP contribution in [0.3, 0.4) is 0 Å². The first-order valence-corrected chi connectivity index (χ1v) is 19.4. The van der Waals surface area contributed by atoms with Crippen LogP contribution in [0.25, 0.3) is 11.1 Å². The fraction of sp³-hybridized carbons (Fsp3) is 0.333. The molecule has 0 aliphatic heterocycles. The van der Waals surface area contributed by atoms with E-state index >= 15 is 0 Å². The Labute approximate surface area is 216 Å². The fourth-order valence-corrected chi connectivity index (χ4v) is 7.54. The molecule has 2 heteroatoms. The monoisotopic (exact) mass is 496 g/mol. The lowest BCUT2D eigenvalue weighted by molar-refractivity contribution is 0.729. The van der Waals surface area contributed by atoms with Crippen molar-refractivity contribution < 1.29 is 0 Å². The number of rotatable bonds is 6. The minimum absolute atomic E-state index is 0.336. The van der Waals surface area contributed by atoms with E-state index in [1.807, 2.05) is 0 Å². The van der Waals surface area contributed by atoms with Crippen LogP contribution in [0.5, 0.6) is 0 Å². The van der Waals surface area contributed by atoms with E-state index in [-0.39, 0.29) is 0 Å². The molecule has 0 nitrogen and oxygen atoms in total. The zero-order valence-electron chi connectivity index (χ0n) is 23.6. The SMILES string of the molecule is C/C=C(/c1ccc([Si](C)(C)C(C)(C)C)cc1)c1cccc(/C(=C/C)c2ccc([Si](C)(C)C)cc2)c1. The van der Waals surface area contributed by atoms with Gasteiger partial charge in [-0.3, -0.25) is 0 Å². The van der Waals surface area contributed by atoms with Gasteiger partial charge < -0.3 is 0 Å². The van der Waals surface area contributed by atoms with E-state index in [9.17, 15) is 0 Å². The van der Waals surface area contributed by atoms with E-state index in [2.05, 4.69) is 152 Å². The smallest absolute Gasteiger partial charge is 0.0792 e. The van der Waals surface area contributed by atoms with Crippen molar-refractivity contribution in [1.29, 1.82) is 0 Å². The average Bonchev–Trinajstić information content (AvgIpc) is 2.80. The van der Waals surface area contributed by atoms with E-state index in [4.69, 9.17) is 0 Å². The summed E-state index contributed by atoms with van der Waals surface area (Å²) in [5, 5.41) is 3.36. The largest absolute Gasteiger partial charge is 0.0859 e. The standard InChI is InChI=1S/C33H44Si2/c1-11-31(25-16-20-29(21-17-25)34(6,7)8)27-14-13-15-28(24-27)32(12-2)26-18-22-30(23-19-26)35(9,10)33(3,4)5/h11-24H,1-10H3/b31-11+,32-12-. The van der Waals surface area contributed by atoms with Crippen molar-refractivity contribution in [3.8, 4) is 0 Å². The number of hydrogen-bond donors (Lipinski definition) is 0. The van der Waals surface area contributed by atoms with Gasteiger partial charge in [-0.15, -0.1) is 0 Å². The third-order valence-corrected chi connectivity index (χ3v) is 15.5. The van der Waals surface area contributed by atoms with Gasteiger partial charge in [0, 0.05) is 0 Å². The van der Waals surface area contributed by atoms with Crippen LogP contribution in [0.1, 0.15) is 56.9 Å². The van der Waals surface area contributed by atoms with Gasteiger partial charge in [-0.2, -0.15) is 0 Å². The van der Waals surface area contributed by atoms with Crippen molar-refractivity contribution >= 4 is 37.7 Å². The van der Waals surface area contributed by atoms with Crippen LogP contribution in [0, 0.1) is 0 Å². The molecule has 184 valence electrons. The lowest BCUT2D eigenvalue weighted by Gasteiger charge is -2.37. The molecule has 0 aromatic heterocycles. The molecule has 0 heterocycles. The van der Waals surface area contributed by atoms with Crippen molar-refractivity contribution in [2.24, 2.45) is 0 Å². The van der Waals surface area contributed by atoms with Gasteiger partial charge in [0.2, 0.25) is 0 Å². The third-order valence-electron chi connectivity index (χ3n) is 7.92. The Morgan fingerprint density at radius 1 is 0.571 bits per heavy atom. The van der Waals surface area contributed by atoms with Gasteiger partial charge in [-0.05, 0) is 58.4 Å². The number of allylic oxidation sites excluding steroid dienone is 2. The van der Waals surface area contributed by atoms with E-state index in [1.54, 1.807) is 0 Å². The summed E-state index contributed by atoms with van der Waals surface area (Å²) in [4.78, 5) is 0. The number of benzene rings is 3. The minimum atomic E-state index is -1.53. The van der Waals surface area contributed by atoms with Crippen LogP contribution >= 0.6 is 0 Å². The molecule has 3 aromatic carbocycles. The Hall–Kier alpha value is -2.43.